The molecule has 230 valence electrons. The van der Waals surface area contributed by atoms with E-state index in [2.05, 4.69) is 43.8 Å². The van der Waals surface area contributed by atoms with Gasteiger partial charge in [-0.15, -0.1) is 0 Å². The average molecular weight is 628 g/mol. The first-order valence-corrected chi connectivity index (χ1v) is 18.3. The number of hydrogen-bond donors (Lipinski definition) is 0. The number of sulfone groups is 1. The van der Waals surface area contributed by atoms with Crippen LogP contribution in [0.3, 0.4) is 0 Å². The minimum Gasteiger partial charge on any atom is -0.415 e. The van der Waals surface area contributed by atoms with Crippen molar-refractivity contribution in [2.75, 3.05) is 35.8 Å². The Hall–Kier alpha value is -3.04. The lowest BCUT2D eigenvalue weighted by molar-refractivity contribution is -0.170. The first-order valence-electron chi connectivity index (χ1n) is 13.5. The van der Waals surface area contributed by atoms with Crippen molar-refractivity contribution in [3.05, 3.63) is 41.1 Å². The van der Waals surface area contributed by atoms with Gasteiger partial charge in [0.15, 0.2) is 8.32 Å². The number of carbonyl (C=O) groups excluding carboxylic acids is 2. The Labute approximate surface area is 244 Å². The van der Waals surface area contributed by atoms with Crippen molar-refractivity contribution in [1.82, 2.24) is 14.9 Å². The van der Waals surface area contributed by atoms with Gasteiger partial charge in [-0.25, -0.2) is 23.2 Å². The number of alkyl halides is 3. The lowest BCUT2D eigenvalue weighted by atomic mass is 9.91. The molecule has 0 fully saturated rings. The summed E-state index contributed by atoms with van der Waals surface area (Å²) in [7, 11) is -5.96. The minimum atomic E-state index is -5.05. The zero-order valence-electron chi connectivity index (χ0n) is 24.7. The van der Waals surface area contributed by atoms with E-state index in [0.29, 0.717) is 16.7 Å². The highest BCUT2D eigenvalue weighted by Gasteiger charge is 2.47. The number of aryl methyl sites for hydroxylation is 1. The Balaban J connectivity index is 1.74. The van der Waals surface area contributed by atoms with Gasteiger partial charge in [-0.2, -0.15) is 13.2 Å². The van der Waals surface area contributed by atoms with Crippen LogP contribution in [0.15, 0.2) is 29.6 Å². The smallest absolute Gasteiger partial charge is 0.415 e. The van der Waals surface area contributed by atoms with Crippen LogP contribution in [0.5, 0.6) is 0 Å². The van der Waals surface area contributed by atoms with Crippen LogP contribution in [0, 0.1) is 6.92 Å². The molecule has 3 heterocycles. The van der Waals surface area contributed by atoms with Gasteiger partial charge >= 0.3 is 18.1 Å². The molecule has 1 atom stereocenters. The first kappa shape index (κ1) is 31.9. The van der Waals surface area contributed by atoms with Crippen LogP contribution >= 0.6 is 0 Å². The van der Waals surface area contributed by atoms with Gasteiger partial charge in [-0.3, -0.25) is 9.69 Å². The molecule has 0 saturated heterocycles. The molecule has 0 aliphatic carbocycles. The molecule has 42 heavy (non-hydrogen) atoms. The van der Waals surface area contributed by atoms with Gasteiger partial charge in [0.25, 0.3) is 0 Å². The monoisotopic (exact) mass is 627 g/mol. The van der Waals surface area contributed by atoms with E-state index in [-0.39, 0.29) is 49.2 Å². The molecular weight excluding hydrogens is 591 g/mol. The van der Waals surface area contributed by atoms with Crippen LogP contribution in [0.1, 0.15) is 49.9 Å². The average Bonchev–Trinajstić information content (AvgIpc) is 2.87. The Bertz CT molecular complexity index is 1510. The maximum absolute atomic E-state index is 14.1. The lowest BCUT2D eigenvalue weighted by Gasteiger charge is -2.44. The third-order valence-corrected chi connectivity index (χ3v) is 13.6. The number of fused-ring (bicyclic) bond motifs is 2. The second-order valence-corrected chi connectivity index (χ2v) is 18.9. The fourth-order valence-electron chi connectivity index (χ4n) is 4.97. The van der Waals surface area contributed by atoms with Gasteiger partial charge in [-0.1, -0.05) is 39.0 Å². The van der Waals surface area contributed by atoms with Gasteiger partial charge in [0, 0.05) is 24.6 Å². The predicted molar refractivity (Wildman–Crippen MR) is 154 cm³/mol. The summed E-state index contributed by atoms with van der Waals surface area (Å²) in [5, 5.41) is -0.504. The first-order chi connectivity index (χ1) is 19.2. The highest BCUT2D eigenvalue weighted by molar-refractivity contribution is 7.90. The molecule has 2 aliphatic heterocycles. The summed E-state index contributed by atoms with van der Waals surface area (Å²) < 4.78 is 71.1. The van der Waals surface area contributed by atoms with Gasteiger partial charge in [0.2, 0.25) is 15.0 Å². The van der Waals surface area contributed by atoms with Gasteiger partial charge in [0.05, 0.1) is 31.4 Å². The molecule has 0 saturated carbocycles. The zero-order chi connectivity index (χ0) is 31.4. The number of anilines is 2. The molecule has 15 heteroatoms. The molecule has 0 spiro atoms. The Morgan fingerprint density at radius 2 is 1.86 bits per heavy atom. The van der Waals surface area contributed by atoms with Gasteiger partial charge in [-0.05, 0) is 42.6 Å². The van der Waals surface area contributed by atoms with Crippen molar-refractivity contribution >= 4 is 41.6 Å². The van der Waals surface area contributed by atoms with Crippen LogP contribution in [-0.4, -0.2) is 75.7 Å². The summed E-state index contributed by atoms with van der Waals surface area (Å²) in [6, 6.07) is 3.77. The summed E-state index contributed by atoms with van der Waals surface area (Å²) in [6.07, 6.45) is -2.65. The van der Waals surface area contributed by atoms with E-state index in [1.54, 1.807) is 25.1 Å². The maximum Gasteiger partial charge on any atom is 0.471 e. The molecule has 2 aromatic rings. The van der Waals surface area contributed by atoms with Crippen molar-refractivity contribution in [3.8, 4) is 0 Å². The summed E-state index contributed by atoms with van der Waals surface area (Å²) in [6.45, 7) is 12.0. The molecule has 10 nitrogen and oxygen atoms in total. The quantitative estimate of drug-likeness (QED) is 0.328. The highest BCUT2D eigenvalue weighted by Crippen LogP contribution is 2.44. The fraction of sp³-hybridized carbons (Fsp3) is 0.556. The van der Waals surface area contributed by atoms with Crippen molar-refractivity contribution in [1.29, 1.82) is 0 Å². The van der Waals surface area contributed by atoms with Crippen LogP contribution in [0.2, 0.25) is 18.1 Å². The number of aromatic nitrogens is 2. The molecule has 0 radical (unpaired) electrons. The molecule has 0 bridgehead atoms. The van der Waals surface area contributed by atoms with E-state index in [1.165, 1.54) is 16.0 Å². The van der Waals surface area contributed by atoms with Crippen LogP contribution in [0.4, 0.5) is 29.5 Å². The van der Waals surface area contributed by atoms with Crippen molar-refractivity contribution in [2.45, 2.75) is 76.2 Å². The summed E-state index contributed by atoms with van der Waals surface area (Å²) in [5.41, 5.74) is 1.51. The van der Waals surface area contributed by atoms with E-state index in [1.807, 2.05) is 0 Å². The number of halogens is 3. The third-order valence-electron chi connectivity index (χ3n) is 8.20. The van der Waals surface area contributed by atoms with E-state index >= 15 is 0 Å². The van der Waals surface area contributed by atoms with Gasteiger partial charge in [0.1, 0.15) is 5.82 Å². The normalized spacial score (nSPS) is 18.2. The maximum atomic E-state index is 14.1. The number of benzene rings is 1. The number of carbonyl (C=O) groups is 2. The van der Waals surface area contributed by atoms with Crippen molar-refractivity contribution in [3.63, 3.8) is 0 Å². The molecule has 2 aliphatic rings. The van der Waals surface area contributed by atoms with Gasteiger partial charge < -0.3 is 14.2 Å². The van der Waals surface area contributed by atoms with Crippen LogP contribution in [0.25, 0.3) is 0 Å². The summed E-state index contributed by atoms with van der Waals surface area (Å²) >= 11 is 0. The highest BCUT2D eigenvalue weighted by atomic mass is 32.2. The molecule has 1 unspecified atom stereocenters. The zero-order valence-corrected chi connectivity index (χ0v) is 26.6. The largest absolute Gasteiger partial charge is 0.471 e. The lowest BCUT2D eigenvalue weighted by Crippen LogP contribution is -2.53. The molecular formula is C27H36F3N5O5SSi. The van der Waals surface area contributed by atoms with Crippen LogP contribution < -0.4 is 9.80 Å². The van der Waals surface area contributed by atoms with E-state index in [9.17, 15) is 31.2 Å². The Morgan fingerprint density at radius 3 is 2.45 bits per heavy atom. The number of urea groups is 1. The number of amides is 3. The predicted octanol–water partition coefficient (Wildman–Crippen LogP) is 4.99. The molecule has 1 aromatic carbocycles. The second kappa shape index (κ2) is 10.9. The fourth-order valence-corrected chi connectivity index (χ4v) is 6.51. The Morgan fingerprint density at radius 1 is 1.19 bits per heavy atom. The third kappa shape index (κ3) is 6.04. The van der Waals surface area contributed by atoms with Crippen LogP contribution in [-0.2, 0) is 25.6 Å². The number of para-hydroxylation sites is 1. The number of hydrogen-bond acceptors (Lipinski definition) is 7. The van der Waals surface area contributed by atoms with E-state index in [0.717, 1.165) is 11.2 Å². The molecule has 3 amide bonds. The van der Waals surface area contributed by atoms with Crippen molar-refractivity contribution < 1.29 is 35.6 Å². The summed E-state index contributed by atoms with van der Waals surface area (Å²) in [4.78, 5) is 38.3. The molecule has 0 N–H and O–H groups in total. The second-order valence-electron chi connectivity index (χ2n) is 12.2. The number of rotatable bonds is 6. The molecule has 1 aromatic heterocycles. The van der Waals surface area contributed by atoms with Crippen molar-refractivity contribution in [2.24, 2.45) is 0 Å². The Kier molecular flexibility index (Phi) is 8.28. The number of nitrogens with zero attached hydrogens (tertiary/aromatic N) is 5. The van der Waals surface area contributed by atoms with E-state index < -0.39 is 47.5 Å². The molecule has 4 rings (SSSR count). The summed E-state index contributed by atoms with van der Waals surface area (Å²) in [5.74, 6) is -1.81. The SMILES string of the molecule is Cc1cccc2c1N(C(=O)C(F)(F)F)CCC2N1Cc2cnc(S(C)(=O)=O)nc2N(CCO[Si](C)(C)C(C)(C)C)C1=O. The minimum absolute atomic E-state index is 0.00304. The topological polar surface area (TPSA) is 113 Å². The standard InChI is InChI=1S/C27H36F3N5O5SSi/c1-17-9-8-10-19-20(11-12-33(21(17)19)23(36)27(28,29)30)35-16-18-15-31-24(41(5,38)39)32-22(18)34(25(35)37)13-14-40-42(6,7)26(2,3)4/h8-10,15,20H,11-14,16H2,1-7H3. The van der Waals surface area contributed by atoms with E-state index in [4.69, 9.17) is 4.43 Å².